The minimum atomic E-state index is -4.55. The summed E-state index contributed by atoms with van der Waals surface area (Å²) in [4.78, 5) is 23.8. The average molecular weight is 322 g/mol. The van der Waals surface area contributed by atoms with E-state index in [9.17, 15) is 31.5 Å². The van der Waals surface area contributed by atoms with Crippen molar-refractivity contribution in [1.29, 1.82) is 0 Å². The standard InChI is InChI=1S/C13H11F5N2O2/c14-8-2-1-3-9(15)11(8)12(22)19-7-4-10(21)20(5-7)6-13(16,17)18/h1-3,7H,4-6H2,(H,19,22)/t7-/m0/s1. The fraction of sp³-hybridized carbons (Fsp3) is 0.385. The van der Waals surface area contributed by atoms with Gasteiger partial charge in [0.25, 0.3) is 5.91 Å². The molecular weight excluding hydrogens is 311 g/mol. The molecule has 0 saturated carbocycles. The van der Waals surface area contributed by atoms with Crippen LogP contribution in [0.25, 0.3) is 0 Å². The molecule has 0 unspecified atom stereocenters. The van der Waals surface area contributed by atoms with E-state index in [-0.39, 0.29) is 13.0 Å². The topological polar surface area (TPSA) is 49.4 Å². The van der Waals surface area contributed by atoms with Crippen molar-refractivity contribution in [2.45, 2.75) is 18.6 Å². The number of hydrogen-bond donors (Lipinski definition) is 1. The van der Waals surface area contributed by atoms with Crippen LogP contribution in [0.3, 0.4) is 0 Å². The zero-order chi connectivity index (χ0) is 16.5. The Kier molecular flexibility index (Phi) is 4.34. The minimum Gasteiger partial charge on any atom is -0.347 e. The molecule has 1 aliphatic rings. The first-order chi connectivity index (χ1) is 10.2. The third-order valence-corrected chi connectivity index (χ3v) is 3.11. The molecule has 0 bridgehead atoms. The number of halogens is 5. The minimum absolute atomic E-state index is 0.349. The summed E-state index contributed by atoms with van der Waals surface area (Å²) in [5.41, 5.74) is -0.829. The van der Waals surface area contributed by atoms with E-state index in [4.69, 9.17) is 0 Å². The van der Waals surface area contributed by atoms with Gasteiger partial charge in [-0.2, -0.15) is 13.2 Å². The van der Waals surface area contributed by atoms with E-state index in [0.717, 1.165) is 18.2 Å². The van der Waals surface area contributed by atoms with Gasteiger partial charge in [0.2, 0.25) is 5.91 Å². The molecule has 0 spiro atoms. The molecule has 9 heteroatoms. The first-order valence-corrected chi connectivity index (χ1v) is 6.27. The number of carbonyl (C=O) groups is 2. The Hall–Kier alpha value is -2.19. The number of nitrogens with one attached hydrogen (secondary N) is 1. The van der Waals surface area contributed by atoms with E-state index in [1.807, 2.05) is 0 Å². The van der Waals surface area contributed by atoms with Crippen LogP contribution in [-0.4, -0.2) is 42.0 Å². The van der Waals surface area contributed by atoms with Crippen LogP contribution < -0.4 is 5.32 Å². The van der Waals surface area contributed by atoms with Crippen molar-refractivity contribution >= 4 is 11.8 Å². The predicted octanol–water partition coefficient (Wildman–Crippen LogP) is 1.86. The van der Waals surface area contributed by atoms with Gasteiger partial charge in [-0.1, -0.05) is 6.07 Å². The summed E-state index contributed by atoms with van der Waals surface area (Å²) in [5, 5.41) is 2.17. The third kappa shape index (κ3) is 3.71. The highest BCUT2D eigenvalue weighted by molar-refractivity contribution is 5.95. The lowest BCUT2D eigenvalue weighted by Gasteiger charge is -2.18. The Bertz CT molecular complexity index is 582. The highest BCUT2D eigenvalue weighted by atomic mass is 19.4. The molecule has 1 aromatic rings. The van der Waals surface area contributed by atoms with Gasteiger partial charge in [-0.05, 0) is 12.1 Å². The number of amides is 2. The molecule has 1 aliphatic heterocycles. The van der Waals surface area contributed by atoms with Crippen LogP contribution in [0, 0.1) is 11.6 Å². The molecule has 1 saturated heterocycles. The van der Waals surface area contributed by atoms with E-state index in [1.54, 1.807) is 0 Å². The molecule has 2 rings (SSSR count). The number of rotatable bonds is 3. The number of alkyl halides is 3. The lowest BCUT2D eigenvalue weighted by molar-refractivity contribution is -0.157. The van der Waals surface area contributed by atoms with Crippen molar-refractivity contribution in [1.82, 2.24) is 10.2 Å². The third-order valence-electron chi connectivity index (χ3n) is 3.11. The van der Waals surface area contributed by atoms with Crippen LogP contribution in [0.1, 0.15) is 16.8 Å². The molecule has 120 valence electrons. The molecule has 2 amide bonds. The van der Waals surface area contributed by atoms with Crippen LogP contribution in [0.4, 0.5) is 22.0 Å². The highest BCUT2D eigenvalue weighted by Crippen LogP contribution is 2.21. The molecule has 1 fully saturated rings. The van der Waals surface area contributed by atoms with Gasteiger partial charge in [-0.15, -0.1) is 0 Å². The summed E-state index contributed by atoms with van der Waals surface area (Å²) in [6.07, 6.45) is -4.90. The van der Waals surface area contributed by atoms with Crippen molar-refractivity contribution in [2.75, 3.05) is 13.1 Å². The summed E-state index contributed by atoms with van der Waals surface area (Å²) in [5.74, 6) is -4.07. The summed E-state index contributed by atoms with van der Waals surface area (Å²) >= 11 is 0. The maximum absolute atomic E-state index is 13.4. The normalized spacial score (nSPS) is 18.7. The largest absolute Gasteiger partial charge is 0.406 e. The van der Waals surface area contributed by atoms with Crippen molar-refractivity contribution in [3.8, 4) is 0 Å². The molecule has 22 heavy (non-hydrogen) atoms. The van der Waals surface area contributed by atoms with Gasteiger partial charge in [-0.25, -0.2) is 8.78 Å². The Morgan fingerprint density at radius 3 is 2.41 bits per heavy atom. The van der Waals surface area contributed by atoms with Gasteiger partial charge in [0.05, 0.1) is 6.04 Å². The maximum Gasteiger partial charge on any atom is 0.406 e. The molecular formula is C13H11F5N2O2. The van der Waals surface area contributed by atoms with Gasteiger partial charge in [0.1, 0.15) is 23.7 Å². The van der Waals surface area contributed by atoms with E-state index in [2.05, 4.69) is 5.32 Å². The Morgan fingerprint density at radius 1 is 1.27 bits per heavy atom. The van der Waals surface area contributed by atoms with Crippen molar-refractivity contribution in [3.63, 3.8) is 0 Å². The number of nitrogens with zero attached hydrogens (tertiary/aromatic N) is 1. The smallest absolute Gasteiger partial charge is 0.347 e. The predicted molar refractivity (Wildman–Crippen MR) is 64.9 cm³/mol. The van der Waals surface area contributed by atoms with Crippen LogP contribution in [0.2, 0.25) is 0 Å². The monoisotopic (exact) mass is 322 g/mol. The molecule has 0 aliphatic carbocycles. The molecule has 1 N–H and O–H groups in total. The second-order valence-electron chi connectivity index (χ2n) is 4.86. The summed E-state index contributed by atoms with van der Waals surface area (Å²) in [6.45, 7) is -1.79. The summed E-state index contributed by atoms with van der Waals surface area (Å²) < 4.78 is 63.6. The van der Waals surface area contributed by atoms with E-state index >= 15 is 0 Å². The SMILES string of the molecule is O=C(N[C@H]1CC(=O)N(CC(F)(F)F)C1)c1c(F)cccc1F. The fourth-order valence-corrected chi connectivity index (χ4v) is 2.21. The van der Waals surface area contributed by atoms with Crippen LogP contribution in [0.15, 0.2) is 18.2 Å². The summed E-state index contributed by atoms with van der Waals surface area (Å²) in [6, 6.07) is 1.91. The molecule has 1 atom stereocenters. The number of hydrogen-bond acceptors (Lipinski definition) is 2. The van der Waals surface area contributed by atoms with E-state index in [1.165, 1.54) is 0 Å². The molecule has 0 radical (unpaired) electrons. The first-order valence-electron chi connectivity index (χ1n) is 6.27. The molecule has 1 heterocycles. The van der Waals surface area contributed by atoms with Gasteiger partial charge < -0.3 is 10.2 Å². The van der Waals surface area contributed by atoms with Gasteiger partial charge in [0, 0.05) is 13.0 Å². The lowest BCUT2D eigenvalue weighted by Crippen LogP contribution is -2.40. The number of benzene rings is 1. The maximum atomic E-state index is 13.4. The quantitative estimate of drug-likeness (QED) is 0.864. The number of likely N-dealkylation sites (tertiary alicyclic amines) is 1. The van der Waals surface area contributed by atoms with E-state index in [0.29, 0.717) is 4.90 Å². The molecule has 0 aromatic heterocycles. The summed E-state index contributed by atoms with van der Waals surface area (Å²) in [7, 11) is 0. The second kappa shape index (κ2) is 5.90. The van der Waals surface area contributed by atoms with Crippen LogP contribution in [0.5, 0.6) is 0 Å². The van der Waals surface area contributed by atoms with E-state index < -0.39 is 47.8 Å². The van der Waals surface area contributed by atoms with Crippen molar-refractivity contribution < 1.29 is 31.5 Å². The Labute approximate surface area is 121 Å². The van der Waals surface area contributed by atoms with Gasteiger partial charge >= 0.3 is 6.18 Å². The Balaban J connectivity index is 2.03. The highest BCUT2D eigenvalue weighted by Gasteiger charge is 2.39. The molecule has 1 aromatic carbocycles. The van der Waals surface area contributed by atoms with Gasteiger partial charge in [-0.3, -0.25) is 9.59 Å². The Morgan fingerprint density at radius 2 is 1.86 bits per heavy atom. The lowest BCUT2D eigenvalue weighted by atomic mass is 10.1. The van der Waals surface area contributed by atoms with Gasteiger partial charge in [0.15, 0.2) is 0 Å². The average Bonchev–Trinajstić information content (AvgIpc) is 2.66. The zero-order valence-corrected chi connectivity index (χ0v) is 11.1. The molecule has 4 nitrogen and oxygen atoms in total. The second-order valence-corrected chi connectivity index (χ2v) is 4.86. The number of carbonyl (C=O) groups excluding carboxylic acids is 2. The fourth-order valence-electron chi connectivity index (χ4n) is 2.21. The van der Waals surface area contributed by atoms with Crippen LogP contribution >= 0.6 is 0 Å². The van der Waals surface area contributed by atoms with Crippen molar-refractivity contribution in [3.05, 3.63) is 35.4 Å². The van der Waals surface area contributed by atoms with Crippen LogP contribution in [-0.2, 0) is 4.79 Å². The van der Waals surface area contributed by atoms with Crippen molar-refractivity contribution in [2.24, 2.45) is 0 Å². The zero-order valence-electron chi connectivity index (χ0n) is 11.1. The first kappa shape index (κ1) is 16.2.